The second kappa shape index (κ2) is 7.31. The molecule has 1 atom stereocenters. The Hall–Kier alpha value is -3.41. The normalized spacial score (nSPS) is 16.5. The number of fused-ring (bicyclic) bond motifs is 1. The predicted molar refractivity (Wildman–Crippen MR) is 108 cm³/mol. The molecule has 1 N–H and O–H groups in total. The van der Waals surface area contributed by atoms with E-state index in [-0.39, 0.29) is 36.3 Å². The number of aromatic nitrogens is 1. The van der Waals surface area contributed by atoms with Gasteiger partial charge in [-0.05, 0) is 36.8 Å². The Morgan fingerprint density at radius 2 is 1.93 bits per heavy atom. The van der Waals surface area contributed by atoms with Gasteiger partial charge in [0.2, 0.25) is 11.8 Å². The highest BCUT2D eigenvalue weighted by atomic mass is 16.2. The summed E-state index contributed by atoms with van der Waals surface area (Å²) in [5, 5.41) is 3.53. The van der Waals surface area contributed by atoms with Crippen LogP contribution in [0.3, 0.4) is 0 Å². The summed E-state index contributed by atoms with van der Waals surface area (Å²) in [5.41, 5.74) is 2.59. The summed E-state index contributed by atoms with van der Waals surface area (Å²) in [6.07, 6.45) is 1.91. The molecule has 3 aromatic rings. The molecular weight excluding hydrogens is 354 g/mol. The maximum absolute atomic E-state index is 12.6. The largest absolute Gasteiger partial charge is 0.349 e. The lowest BCUT2D eigenvalue weighted by atomic mass is 10.2. The van der Waals surface area contributed by atoms with Crippen LogP contribution in [0.25, 0.3) is 10.9 Å². The fourth-order valence-electron chi connectivity index (χ4n) is 3.68. The van der Waals surface area contributed by atoms with Crippen molar-refractivity contribution in [1.82, 2.24) is 9.88 Å². The van der Waals surface area contributed by atoms with Crippen molar-refractivity contribution >= 4 is 28.4 Å². The lowest BCUT2D eigenvalue weighted by Gasteiger charge is -2.18. The van der Waals surface area contributed by atoms with Crippen LogP contribution in [0.2, 0.25) is 0 Å². The van der Waals surface area contributed by atoms with Crippen LogP contribution >= 0.6 is 0 Å². The first kappa shape index (κ1) is 18.0. The zero-order chi connectivity index (χ0) is 19.7. The predicted octanol–water partition coefficient (Wildman–Crippen LogP) is 2.23. The molecule has 0 unspecified atom stereocenters. The SMILES string of the molecule is Cc1cccc(N2C[C@@H](NC(=O)Cn3ccc(=O)c4ccccc43)CC2=O)c1. The molecule has 4 rings (SSSR count). The average Bonchev–Trinajstić information content (AvgIpc) is 3.04. The van der Waals surface area contributed by atoms with E-state index < -0.39 is 0 Å². The minimum absolute atomic E-state index is 0.00436. The lowest BCUT2D eigenvalue weighted by molar-refractivity contribution is -0.122. The molecule has 1 aromatic heterocycles. The van der Waals surface area contributed by atoms with Crippen LogP contribution in [-0.2, 0) is 16.1 Å². The van der Waals surface area contributed by atoms with E-state index >= 15 is 0 Å². The van der Waals surface area contributed by atoms with E-state index in [9.17, 15) is 14.4 Å². The molecule has 28 heavy (non-hydrogen) atoms. The molecule has 2 aromatic carbocycles. The molecule has 1 saturated heterocycles. The number of hydrogen-bond acceptors (Lipinski definition) is 3. The summed E-state index contributed by atoms with van der Waals surface area (Å²) >= 11 is 0. The molecule has 0 spiro atoms. The number of amides is 2. The summed E-state index contributed by atoms with van der Waals surface area (Å²) < 4.78 is 1.75. The van der Waals surface area contributed by atoms with Gasteiger partial charge in [-0.1, -0.05) is 24.3 Å². The molecule has 0 saturated carbocycles. The van der Waals surface area contributed by atoms with Crippen LogP contribution < -0.4 is 15.6 Å². The van der Waals surface area contributed by atoms with E-state index in [2.05, 4.69) is 5.32 Å². The molecule has 1 fully saturated rings. The van der Waals surface area contributed by atoms with E-state index in [1.54, 1.807) is 27.8 Å². The second-order valence-corrected chi connectivity index (χ2v) is 7.14. The smallest absolute Gasteiger partial charge is 0.240 e. The minimum Gasteiger partial charge on any atom is -0.349 e. The first-order chi connectivity index (χ1) is 13.5. The summed E-state index contributed by atoms with van der Waals surface area (Å²) in [6.45, 7) is 2.53. The molecule has 6 heteroatoms. The van der Waals surface area contributed by atoms with E-state index in [4.69, 9.17) is 0 Å². The van der Waals surface area contributed by atoms with Gasteiger partial charge < -0.3 is 14.8 Å². The average molecular weight is 375 g/mol. The third kappa shape index (κ3) is 3.53. The van der Waals surface area contributed by atoms with Crippen molar-refractivity contribution in [3.63, 3.8) is 0 Å². The van der Waals surface area contributed by atoms with E-state index in [1.165, 1.54) is 6.07 Å². The number of hydrogen-bond donors (Lipinski definition) is 1. The molecule has 0 radical (unpaired) electrons. The molecule has 0 aliphatic carbocycles. The van der Waals surface area contributed by atoms with Crippen LogP contribution in [0, 0.1) is 6.92 Å². The van der Waals surface area contributed by atoms with Gasteiger partial charge in [0.15, 0.2) is 5.43 Å². The third-order valence-corrected chi connectivity index (χ3v) is 5.00. The van der Waals surface area contributed by atoms with Crippen molar-refractivity contribution in [3.8, 4) is 0 Å². The van der Waals surface area contributed by atoms with Gasteiger partial charge >= 0.3 is 0 Å². The van der Waals surface area contributed by atoms with Crippen molar-refractivity contribution in [1.29, 1.82) is 0 Å². The van der Waals surface area contributed by atoms with Gasteiger partial charge in [0.05, 0.1) is 11.6 Å². The Bertz CT molecular complexity index is 1120. The number of nitrogens with zero attached hydrogens (tertiary/aromatic N) is 2. The first-order valence-electron chi connectivity index (χ1n) is 9.26. The Balaban J connectivity index is 1.46. The zero-order valence-corrected chi connectivity index (χ0v) is 15.6. The molecule has 1 aliphatic rings. The van der Waals surface area contributed by atoms with Gasteiger partial charge in [0.1, 0.15) is 6.54 Å². The highest BCUT2D eigenvalue weighted by Crippen LogP contribution is 2.22. The minimum atomic E-state index is -0.230. The maximum Gasteiger partial charge on any atom is 0.240 e. The van der Waals surface area contributed by atoms with Gasteiger partial charge in [-0.2, -0.15) is 0 Å². The van der Waals surface area contributed by atoms with Crippen molar-refractivity contribution in [3.05, 3.63) is 76.6 Å². The van der Waals surface area contributed by atoms with Crippen molar-refractivity contribution < 1.29 is 9.59 Å². The van der Waals surface area contributed by atoms with Crippen LogP contribution in [0.4, 0.5) is 5.69 Å². The number of para-hydroxylation sites is 1. The highest BCUT2D eigenvalue weighted by Gasteiger charge is 2.31. The molecule has 142 valence electrons. The number of anilines is 1. The van der Waals surface area contributed by atoms with Gasteiger partial charge in [0.25, 0.3) is 0 Å². The van der Waals surface area contributed by atoms with Gasteiger partial charge in [0, 0.05) is 36.3 Å². The maximum atomic E-state index is 12.6. The fourth-order valence-corrected chi connectivity index (χ4v) is 3.68. The van der Waals surface area contributed by atoms with Crippen LogP contribution in [0.5, 0.6) is 0 Å². The molecule has 1 aliphatic heterocycles. The summed E-state index contributed by atoms with van der Waals surface area (Å²) in [7, 11) is 0. The van der Waals surface area contributed by atoms with Crippen LogP contribution in [0.1, 0.15) is 12.0 Å². The summed E-state index contributed by atoms with van der Waals surface area (Å²) in [5.74, 6) is -0.178. The van der Waals surface area contributed by atoms with Gasteiger partial charge in [-0.25, -0.2) is 0 Å². The summed E-state index contributed by atoms with van der Waals surface area (Å²) in [6, 6.07) is 16.2. The number of carbonyl (C=O) groups is 2. The molecule has 0 bridgehead atoms. The fraction of sp³-hybridized carbons (Fsp3) is 0.227. The molecule has 2 heterocycles. The lowest BCUT2D eigenvalue weighted by Crippen LogP contribution is -2.39. The van der Waals surface area contributed by atoms with Crippen molar-refractivity contribution in [2.75, 3.05) is 11.4 Å². The van der Waals surface area contributed by atoms with E-state index in [0.29, 0.717) is 17.4 Å². The van der Waals surface area contributed by atoms with Gasteiger partial charge in [-0.15, -0.1) is 0 Å². The third-order valence-electron chi connectivity index (χ3n) is 5.00. The van der Waals surface area contributed by atoms with E-state index in [1.807, 2.05) is 43.3 Å². The number of carbonyl (C=O) groups excluding carboxylic acids is 2. The summed E-state index contributed by atoms with van der Waals surface area (Å²) in [4.78, 5) is 38.6. The highest BCUT2D eigenvalue weighted by molar-refractivity contribution is 5.97. The molecular formula is C22H21N3O3. The Morgan fingerprint density at radius 3 is 2.75 bits per heavy atom. The van der Waals surface area contributed by atoms with Crippen molar-refractivity contribution in [2.45, 2.75) is 25.9 Å². The number of benzene rings is 2. The van der Waals surface area contributed by atoms with Crippen LogP contribution in [0.15, 0.2) is 65.6 Å². The zero-order valence-electron chi connectivity index (χ0n) is 15.6. The Kier molecular flexibility index (Phi) is 4.69. The molecule has 6 nitrogen and oxygen atoms in total. The monoisotopic (exact) mass is 375 g/mol. The Morgan fingerprint density at radius 1 is 1.11 bits per heavy atom. The number of rotatable bonds is 4. The standard InChI is InChI=1S/C22H21N3O3/c1-15-5-4-6-17(11-15)25-13-16(12-22(25)28)23-21(27)14-24-10-9-20(26)18-7-2-3-8-19(18)24/h2-11,16H,12-14H2,1H3,(H,23,27)/t16-/m0/s1. The number of aryl methyl sites for hydroxylation is 1. The van der Waals surface area contributed by atoms with Gasteiger partial charge in [-0.3, -0.25) is 14.4 Å². The number of nitrogens with one attached hydrogen (secondary N) is 1. The second-order valence-electron chi connectivity index (χ2n) is 7.14. The Labute approximate surface area is 162 Å². The molecule has 2 amide bonds. The first-order valence-corrected chi connectivity index (χ1v) is 9.26. The number of pyridine rings is 1. The van der Waals surface area contributed by atoms with Crippen molar-refractivity contribution in [2.24, 2.45) is 0 Å². The topological polar surface area (TPSA) is 71.4 Å². The van der Waals surface area contributed by atoms with E-state index in [0.717, 1.165) is 11.3 Å². The quantitative estimate of drug-likeness (QED) is 0.760. The van der Waals surface area contributed by atoms with Crippen LogP contribution in [-0.4, -0.2) is 29.0 Å².